The fourth-order valence-corrected chi connectivity index (χ4v) is 1.93. The van der Waals surface area contributed by atoms with Crippen LogP contribution in [0, 0.1) is 0 Å². The molecule has 0 fully saturated rings. The third-order valence-electron chi connectivity index (χ3n) is 3.29. The van der Waals surface area contributed by atoms with Crippen LogP contribution in [0.3, 0.4) is 0 Å². The molecule has 1 unspecified atom stereocenters. The zero-order chi connectivity index (χ0) is 14.4. The molecule has 1 N–H and O–H groups in total. The van der Waals surface area contributed by atoms with Crippen LogP contribution in [0.15, 0.2) is 42.6 Å². The standard InChI is InChI=1S/C17H21NO2/c1-3-14-4-8-17(9-5-14)20-11-10-16-7-6-15(12-18-16)13(2)19/h4-9,12-13,19H,3,10-11H2,1-2H3. The zero-order valence-electron chi connectivity index (χ0n) is 12.0. The van der Waals surface area contributed by atoms with Gasteiger partial charge in [0.2, 0.25) is 0 Å². The molecule has 0 aliphatic rings. The van der Waals surface area contributed by atoms with E-state index in [-0.39, 0.29) is 0 Å². The lowest BCUT2D eigenvalue weighted by molar-refractivity contribution is 0.199. The molecule has 2 rings (SSSR count). The number of rotatable bonds is 6. The van der Waals surface area contributed by atoms with E-state index in [0.29, 0.717) is 6.61 Å². The monoisotopic (exact) mass is 271 g/mol. The van der Waals surface area contributed by atoms with Gasteiger partial charge in [-0.2, -0.15) is 0 Å². The molecule has 1 atom stereocenters. The van der Waals surface area contributed by atoms with Crippen molar-refractivity contribution in [2.45, 2.75) is 32.8 Å². The van der Waals surface area contributed by atoms with Crippen LogP contribution in [0.25, 0.3) is 0 Å². The molecule has 0 amide bonds. The number of hydrogen-bond acceptors (Lipinski definition) is 3. The van der Waals surface area contributed by atoms with Gasteiger partial charge in [-0.05, 0) is 42.7 Å². The molecule has 3 heteroatoms. The van der Waals surface area contributed by atoms with E-state index in [0.717, 1.165) is 29.8 Å². The second-order valence-corrected chi connectivity index (χ2v) is 4.85. The third-order valence-corrected chi connectivity index (χ3v) is 3.29. The van der Waals surface area contributed by atoms with Crippen LogP contribution < -0.4 is 4.74 Å². The molecule has 106 valence electrons. The van der Waals surface area contributed by atoms with Gasteiger partial charge in [-0.15, -0.1) is 0 Å². The van der Waals surface area contributed by atoms with Crippen LogP contribution in [0.2, 0.25) is 0 Å². The second kappa shape index (κ2) is 7.06. The summed E-state index contributed by atoms with van der Waals surface area (Å²) in [5, 5.41) is 9.42. The minimum atomic E-state index is -0.468. The number of aryl methyl sites for hydroxylation is 1. The van der Waals surface area contributed by atoms with E-state index < -0.39 is 6.10 Å². The summed E-state index contributed by atoms with van der Waals surface area (Å²) < 4.78 is 5.70. The average molecular weight is 271 g/mol. The summed E-state index contributed by atoms with van der Waals surface area (Å²) in [7, 11) is 0. The highest BCUT2D eigenvalue weighted by molar-refractivity contribution is 5.27. The van der Waals surface area contributed by atoms with Crippen LogP contribution in [-0.4, -0.2) is 16.7 Å². The van der Waals surface area contributed by atoms with E-state index in [2.05, 4.69) is 24.0 Å². The van der Waals surface area contributed by atoms with Gasteiger partial charge in [0.1, 0.15) is 5.75 Å². The Balaban J connectivity index is 1.82. The van der Waals surface area contributed by atoms with Crippen molar-refractivity contribution in [3.8, 4) is 5.75 Å². The van der Waals surface area contributed by atoms with Crippen LogP contribution >= 0.6 is 0 Å². The summed E-state index contributed by atoms with van der Waals surface area (Å²) in [6.07, 6.45) is 3.05. The molecule has 3 nitrogen and oxygen atoms in total. The molecule has 1 heterocycles. The van der Waals surface area contributed by atoms with Crippen molar-refractivity contribution in [3.63, 3.8) is 0 Å². The molecular weight excluding hydrogens is 250 g/mol. The number of benzene rings is 1. The first-order valence-corrected chi connectivity index (χ1v) is 7.03. The highest BCUT2D eigenvalue weighted by atomic mass is 16.5. The Bertz CT molecular complexity index is 518. The summed E-state index contributed by atoms with van der Waals surface area (Å²) in [4.78, 5) is 4.32. The van der Waals surface area contributed by atoms with Crippen molar-refractivity contribution in [3.05, 3.63) is 59.4 Å². The van der Waals surface area contributed by atoms with E-state index in [9.17, 15) is 5.11 Å². The number of aromatic nitrogens is 1. The van der Waals surface area contributed by atoms with Gasteiger partial charge in [0.05, 0.1) is 12.7 Å². The Kier molecular flexibility index (Phi) is 5.13. The summed E-state index contributed by atoms with van der Waals surface area (Å²) in [5.74, 6) is 0.891. The molecule has 0 saturated heterocycles. The van der Waals surface area contributed by atoms with Gasteiger partial charge >= 0.3 is 0 Å². The minimum Gasteiger partial charge on any atom is -0.493 e. The highest BCUT2D eigenvalue weighted by Crippen LogP contribution is 2.14. The summed E-state index contributed by atoms with van der Waals surface area (Å²) >= 11 is 0. The van der Waals surface area contributed by atoms with Crippen LogP contribution in [0.5, 0.6) is 5.75 Å². The van der Waals surface area contributed by atoms with Gasteiger partial charge in [0.25, 0.3) is 0 Å². The van der Waals surface area contributed by atoms with E-state index in [1.807, 2.05) is 24.3 Å². The maximum Gasteiger partial charge on any atom is 0.119 e. The first-order chi connectivity index (χ1) is 9.69. The second-order valence-electron chi connectivity index (χ2n) is 4.85. The van der Waals surface area contributed by atoms with Crippen molar-refractivity contribution in [1.82, 2.24) is 4.98 Å². The van der Waals surface area contributed by atoms with Gasteiger partial charge < -0.3 is 9.84 Å². The molecule has 0 aliphatic heterocycles. The molecule has 0 aliphatic carbocycles. The van der Waals surface area contributed by atoms with Gasteiger partial charge in [-0.25, -0.2) is 0 Å². The maximum absolute atomic E-state index is 9.42. The Morgan fingerprint density at radius 2 is 1.90 bits per heavy atom. The Morgan fingerprint density at radius 3 is 2.45 bits per heavy atom. The van der Waals surface area contributed by atoms with Crippen molar-refractivity contribution in [2.24, 2.45) is 0 Å². The number of hydrogen-bond donors (Lipinski definition) is 1. The van der Waals surface area contributed by atoms with Crippen molar-refractivity contribution >= 4 is 0 Å². The predicted octanol–water partition coefficient (Wildman–Crippen LogP) is 3.32. The third kappa shape index (κ3) is 4.07. The average Bonchev–Trinajstić information content (AvgIpc) is 2.48. The quantitative estimate of drug-likeness (QED) is 0.876. The lowest BCUT2D eigenvalue weighted by Crippen LogP contribution is -2.03. The fraction of sp³-hybridized carbons (Fsp3) is 0.353. The van der Waals surface area contributed by atoms with Crippen molar-refractivity contribution in [2.75, 3.05) is 6.61 Å². The van der Waals surface area contributed by atoms with Gasteiger partial charge in [0, 0.05) is 18.3 Å². The molecule has 0 saturated carbocycles. The minimum absolute atomic E-state index is 0.468. The van der Waals surface area contributed by atoms with Gasteiger partial charge in [-0.3, -0.25) is 4.98 Å². The molecule has 0 spiro atoms. The smallest absolute Gasteiger partial charge is 0.119 e. The summed E-state index contributed by atoms with van der Waals surface area (Å²) in [5.41, 5.74) is 3.12. The van der Waals surface area contributed by atoms with Crippen molar-refractivity contribution < 1.29 is 9.84 Å². The number of aliphatic hydroxyl groups excluding tert-OH is 1. The van der Waals surface area contributed by atoms with E-state index >= 15 is 0 Å². The summed E-state index contributed by atoms with van der Waals surface area (Å²) in [6.45, 7) is 4.48. The predicted molar refractivity (Wildman–Crippen MR) is 79.9 cm³/mol. The fourth-order valence-electron chi connectivity index (χ4n) is 1.93. The van der Waals surface area contributed by atoms with E-state index in [1.54, 1.807) is 13.1 Å². The summed E-state index contributed by atoms with van der Waals surface area (Å²) in [6, 6.07) is 12.0. The van der Waals surface area contributed by atoms with Gasteiger partial charge in [0.15, 0.2) is 0 Å². The molecule has 1 aromatic heterocycles. The van der Waals surface area contributed by atoms with Crippen LogP contribution in [0.4, 0.5) is 0 Å². The molecule has 2 aromatic rings. The Labute approximate surface area is 120 Å². The molecule has 20 heavy (non-hydrogen) atoms. The number of ether oxygens (including phenoxy) is 1. The first-order valence-electron chi connectivity index (χ1n) is 7.03. The van der Waals surface area contributed by atoms with Gasteiger partial charge in [-0.1, -0.05) is 25.1 Å². The SMILES string of the molecule is CCc1ccc(OCCc2ccc(C(C)O)cn2)cc1. The normalized spacial score (nSPS) is 12.2. The number of aliphatic hydroxyl groups is 1. The largest absolute Gasteiger partial charge is 0.493 e. The maximum atomic E-state index is 9.42. The first kappa shape index (κ1) is 14.5. The lowest BCUT2D eigenvalue weighted by Gasteiger charge is -2.08. The van der Waals surface area contributed by atoms with Crippen LogP contribution in [0.1, 0.15) is 36.8 Å². The highest BCUT2D eigenvalue weighted by Gasteiger charge is 2.02. The van der Waals surface area contributed by atoms with E-state index in [4.69, 9.17) is 4.74 Å². The Morgan fingerprint density at radius 1 is 1.15 bits per heavy atom. The Hall–Kier alpha value is -1.87. The molecule has 0 radical (unpaired) electrons. The van der Waals surface area contributed by atoms with E-state index in [1.165, 1.54) is 5.56 Å². The zero-order valence-corrected chi connectivity index (χ0v) is 12.0. The van der Waals surface area contributed by atoms with Crippen molar-refractivity contribution in [1.29, 1.82) is 0 Å². The topological polar surface area (TPSA) is 42.4 Å². The molecular formula is C17H21NO2. The molecule has 1 aromatic carbocycles. The van der Waals surface area contributed by atoms with Crippen LogP contribution in [-0.2, 0) is 12.8 Å². The number of nitrogens with zero attached hydrogens (tertiary/aromatic N) is 1. The lowest BCUT2D eigenvalue weighted by atomic mass is 10.1. The number of pyridine rings is 1. The molecule has 0 bridgehead atoms.